The molecule has 1 N–H and O–H groups in total. The Morgan fingerprint density at radius 1 is 0.929 bits per heavy atom. The van der Waals surface area contributed by atoms with Crippen LogP contribution in [0, 0.1) is 5.92 Å². The summed E-state index contributed by atoms with van der Waals surface area (Å²) in [5.74, 6) is -0.235. The number of hydrogen-bond donors (Lipinski definition) is 1. The van der Waals surface area contributed by atoms with Crippen molar-refractivity contribution in [3.05, 3.63) is 72.6 Å². The highest BCUT2D eigenvalue weighted by atomic mass is 16.2. The first kappa shape index (κ1) is 17.9. The molecule has 1 aliphatic heterocycles. The average molecular weight is 375 g/mol. The van der Waals surface area contributed by atoms with Crippen LogP contribution >= 0.6 is 0 Å². The second-order valence-electron chi connectivity index (χ2n) is 6.78. The van der Waals surface area contributed by atoms with Crippen molar-refractivity contribution >= 4 is 17.5 Å². The van der Waals surface area contributed by atoms with E-state index in [1.807, 2.05) is 60.7 Å². The van der Waals surface area contributed by atoms with Crippen molar-refractivity contribution in [2.75, 3.05) is 18.4 Å². The quantitative estimate of drug-likeness (QED) is 0.760. The minimum absolute atomic E-state index is 0.00770. The molecule has 0 saturated carbocycles. The summed E-state index contributed by atoms with van der Waals surface area (Å²) in [6.07, 6.45) is 2.76. The van der Waals surface area contributed by atoms with Crippen LogP contribution in [0.1, 0.15) is 23.3 Å². The Kier molecular flexibility index (Phi) is 5.14. The second kappa shape index (κ2) is 8.04. The zero-order valence-corrected chi connectivity index (χ0v) is 15.4. The monoisotopic (exact) mass is 375 g/mol. The van der Waals surface area contributed by atoms with E-state index in [4.69, 9.17) is 0 Å². The van der Waals surface area contributed by atoms with E-state index in [0.717, 1.165) is 11.4 Å². The molecule has 2 aromatic carbocycles. The molecule has 0 radical (unpaired) electrons. The number of nitrogens with one attached hydrogen (secondary N) is 1. The van der Waals surface area contributed by atoms with E-state index in [2.05, 4.69) is 15.5 Å². The average Bonchev–Trinajstić information content (AvgIpc) is 3.25. The molecule has 4 rings (SSSR count). The fraction of sp³-hybridized carbons (Fsp3) is 0.238. The highest BCUT2D eigenvalue weighted by molar-refractivity contribution is 5.94. The van der Waals surface area contributed by atoms with E-state index >= 15 is 0 Å². The Labute approximate surface area is 163 Å². The second-order valence-corrected chi connectivity index (χ2v) is 6.78. The van der Waals surface area contributed by atoms with E-state index in [-0.39, 0.29) is 17.7 Å². The van der Waals surface area contributed by atoms with Gasteiger partial charge in [0, 0.05) is 24.7 Å². The molecule has 3 aromatic rings. The van der Waals surface area contributed by atoms with Gasteiger partial charge in [0.25, 0.3) is 5.91 Å². The lowest BCUT2D eigenvalue weighted by Crippen LogP contribution is -2.41. The van der Waals surface area contributed by atoms with Gasteiger partial charge in [-0.3, -0.25) is 9.59 Å². The van der Waals surface area contributed by atoms with Crippen LogP contribution in [0.3, 0.4) is 0 Å². The van der Waals surface area contributed by atoms with E-state index < -0.39 is 0 Å². The number of piperidine rings is 1. The van der Waals surface area contributed by atoms with Gasteiger partial charge in [0.15, 0.2) is 5.69 Å². The number of benzene rings is 2. The predicted molar refractivity (Wildman–Crippen MR) is 105 cm³/mol. The third-order valence-corrected chi connectivity index (χ3v) is 4.89. The van der Waals surface area contributed by atoms with Gasteiger partial charge in [0.05, 0.1) is 11.9 Å². The molecule has 0 spiro atoms. The number of hydrogen-bond acceptors (Lipinski definition) is 4. The van der Waals surface area contributed by atoms with E-state index in [1.54, 1.807) is 4.90 Å². The normalized spacial score (nSPS) is 14.6. The largest absolute Gasteiger partial charge is 0.337 e. The smallest absolute Gasteiger partial charge is 0.276 e. The summed E-state index contributed by atoms with van der Waals surface area (Å²) >= 11 is 0. The first-order chi connectivity index (χ1) is 13.7. The van der Waals surface area contributed by atoms with Crippen LogP contribution in [-0.4, -0.2) is 44.8 Å². The van der Waals surface area contributed by atoms with E-state index in [0.29, 0.717) is 31.6 Å². The van der Waals surface area contributed by atoms with Crippen LogP contribution in [0.4, 0.5) is 5.69 Å². The third-order valence-electron chi connectivity index (χ3n) is 4.89. The Bertz CT molecular complexity index is 947. The minimum atomic E-state index is -0.149. The maximum Gasteiger partial charge on any atom is 0.276 e. The molecule has 0 bridgehead atoms. The number of aromatic nitrogens is 3. The van der Waals surface area contributed by atoms with E-state index in [9.17, 15) is 9.59 Å². The number of anilines is 1. The molecular weight excluding hydrogens is 354 g/mol. The predicted octanol–water partition coefficient (Wildman–Crippen LogP) is 2.76. The maximum absolute atomic E-state index is 12.7. The molecule has 0 atom stereocenters. The lowest BCUT2D eigenvalue weighted by molar-refractivity contribution is -0.121. The molecule has 1 aliphatic rings. The van der Waals surface area contributed by atoms with Crippen molar-refractivity contribution < 1.29 is 9.59 Å². The van der Waals surface area contributed by atoms with Gasteiger partial charge in [-0.05, 0) is 37.1 Å². The Hall–Kier alpha value is -3.48. The van der Waals surface area contributed by atoms with Crippen LogP contribution in [0.2, 0.25) is 0 Å². The summed E-state index contributed by atoms with van der Waals surface area (Å²) in [5, 5.41) is 11.4. The zero-order chi connectivity index (χ0) is 19.3. The molecule has 0 unspecified atom stereocenters. The number of nitrogens with zero attached hydrogens (tertiary/aromatic N) is 4. The lowest BCUT2D eigenvalue weighted by atomic mass is 9.95. The van der Waals surface area contributed by atoms with Gasteiger partial charge in [-0.25, -0.2) is 0 Å². The molecule has 7 heteroatoms. The summed E-state index contributed by atoms with van der Waals surface area (Å²) in [6, 6.07) is 18.9. The van der Waals surface area contributed by atoms with Gasteiger partial charge >= 0.3 is 0 Å². The SMILES string of the molecule is O=C(Nc1ccccc1)C1CCN(C(=O)c2cnn(-c3ccccc3)n2)CC1. The molecular formula is C21H21N5O2. The molecule has 1 aromatic heterocycles. The van der Waals surface area contributed by atoms with Crippen LogP contribution in [0.25, 0.3) is 5.69 Å². The first-order valence-electron chi connectivity index (χ1n) is 9.33. The number of carbonyl (C=O) groups is 2. The van der Waals surface area contributed by atoms with Crippen molar-refractivity contribution in [3.8, 4) is 5.69 Å². The van der Waals surface area contributed by atoms with E-state index in [1.165, 1.54) is 11.0 Å². The molecule has 2 heterocycles. The summed E-state index contributed by atoms with van der Waals surface area (Å²) < 4.78 is 0. The molecule has 142 valence electrons. The van der Waals surface area contributed by atoms with Gasteiger partial charge in [-0.2, -0.15) is 9.90 Å². The van der Waals surface area contributed by atoms with Gasteiger partial charge < -0.3 is 10.2 Å². The molecule has 28 heavy (non-hydrogen) atoms. The van der Waals surface area contributed by atoms with Gasteiger partial charge in [-0.1, -0.05) is 36.4 Å². The number of rotatable bonds is 4. The van der Waals surface area contributed by atoms with Gasteiger partial charge in [-0.15, -0.1) is 5.10 Å². The fourth-order valence-electron chi connectivity index (χ4n) is 3.32. The highest BCUT2D eigenvalue weighted by Crippen LogP contribution is 2.20. The summed E-state index contributed by atoms with van der Waals surface area (Å²) in [4.78, 5) is 28.3. The van der Waals surface area contributed by atoms with Crippen molar-refractivity contribution in [2.45, 2.75) is 12.8 Å². The molecule has 2 amide bonds. The van der Waals surface area contributed by atoms with Crippen LogP contribution in [0.5, 0.6) is 0 Å². The molecule has 1 fully saturated rings. The van der Waals surface area contributed by atoms with Crippen molar-refractivity contribution in [3.63, 3.8) is 0 Å². The highest BCUT2D eigenvalue weighted by Gasteiger charge is 2.29. The summed E-state index contributed by atoms with van der Waals surface area (Å²) in [7, 11) is 0. The topological polar surface area (TPSA) is 80.1 Å². The molecule has 0 aliphatic carbocycles. The third kappa shape index (κ3) is 3.93. The van der Waals surface area contributed by atoms with Gasteiger partial charge in [0.2, 0.25) is 5.91 Å². The zero-order valence-electron chi connectivity index (χ0n) is 15.4. The van der Waals surface area contributed by atoms with Crippen molar-refractivity contribution in [1.29, 1.82) is 0 Å². The first-order valence-corrected chi connectivity index (χ1v) is 9.33. The Balaban J connectivity index is 1.34. The van der Waals surface area contributed by atoms with Gasteiger partial charge in [0.1, 0.15) is 0 Å². The van der Waals surface area contributed by atoms with Crippen molar-refractivity contribution in [2.24, 2.45) is 5.92 Å². The number of amides is 2. The summed E-state index contributed by atoms with van der Waals surface area (Å²) in [6.45, 7) is 1.06. The Morgan fingerprint density at radius 2 is 1.57 bits per heavy atom. The fourth-order valence-corrected chi connectivity index (χ4v) is 3.32. The van der Waals surface area contributed by atoms with Crippen molar-refractivity contribution in [1.82, 2.24) is 19.9 Å². The maximum atomic E-state index is 12.7. The lowest BCUT2D eigenvalue weighted by Gasteiger charge is -2.30. The number of likely N-dealkylation sites (tertiary alicyclic amines) is 1. The minimum Gasteiger partial charge on any atom is -0.337 e. The Morgan fingerprint density at radius 3 is 2.25 bits per heavy atom. The summed E-state index contributed by atoms with van der Waals surface area (Å²) in [5.41, 5.74) is 1.91. The molecule has 7 nitrogen and oxygen atoms in total. The number of carbonyl (C=O) groups excluding carboxylic acids is 2. The van der Waals surface area contributed by atoms with Crippen LogP contribution < -0.4 is 5.32 Å². The standard InChI is InChI=1S/C21H21N5O2/c27-20(23-17-7-3-1-4-8-17)16-11-13-25(14-12-16)21(28)19-15-22-26(24-19)18-9-5-2-6-10-18/h1-10,15-16H,11-14H2,(H,23,27). The van der Waals surface area contributed by atoms with Crippen LogP contribution in [-0.2, 0) is 4.79 Å². The molecule has 1 saturated heterocycles. The van der Waals surface area contributed by atoms with Crippen LogP contribution in [0.15, 0.2) is 66.9 Å². The number of para-hydroxylation sites is 2.